The molecule has 3 aromatic heterocycles. The third-order valence-electron chi connectivity index (χ3n) is 3.97. The highest BCUT2D eigenvalue weighted by atomic mass is 79.9. The van der Waals surface area contributed by atoms with E-state index in [0.717, 1.165) is 7.57 Å². The van der Waals surface area contributed by atoms with E-state index in [1.165, 1.54) is 22.7 Å². The van der Waals surface area contributed by atoms with E-state index in [-0.39, 0.29) is 11.1 Å². The van der Waals surface area contributed by atoms with Crippen molar-refractivity contribution < 1.29 is 13.5 Å². The third-order valence-corrected chi connectivity index (χ3v) is 7.25. The molecule has 0 spiro atoms. The predicted molar refractivity (Wildman–Crippen MR) is 104 cm³/mol. The van der Waals surface area contributed by atoms with Crippen LogP contribution in [0.3, 0.4) is 0 Å². The predicted octanol–water partition coefficient (Wildman–Crippen LogP) is 5.66. The largest absolute Gasteiger partial charge is 0.261 e. The van der Waals surface area contributed by atoms with Crippen molar-refractivity contribution in [2.75, 3.05) is 0 Å². The summed E-state index contributed by atoms with van der Waals surface area (Å²) in [7, 11) is 3.53. The van der Waals surface area contributed by atoms with Gasteiger partial charge in [0.2, 0.25) is 5.52 Å². The van der Waals surface area contributed by atoms with Gasteiger partial charge in [-0.15, -0.1) is 22.7 Å². The van der Waals surface area contributed by atoms with Gasteiger partial charge in [-0.05, 0) is 60.9 Å². The van der Waals surface area contributed by atoms with Gasteiger partial charge in [-0.25, -0.2) is 8.78 Å². The molecule has 25 heavy (non-hydrogen) atoms. The Bertz CT molecular complexity index is 1130. The quantitative estimate of drug-likeness (QED) is 0.322. The van der Waals surface area contributed by atoms with Gasteiger partial charge in [0.05, 0.1) is 25.7 Å². The number of benzene rings is 1. The average molecular weight is 506 g/mol. The molecule has 3 nitrogen and oxygen atoms in total. The summed E-state index contributed by atoms with van der Waals surface area (Å²) < 4.78 is 33.6. The molecule has 0 unspecified atom stereocenters. The molecule has 0 saturated heterocycles. The van der Waals surface area contributed by atoms with E-state index in [4.69, 9.17) is 0 Å². The molecule has 0 aliphatic carbocycles. The van der Waals surface area contributed by atoms with Gasteiger partial charge in [0.25, 0.3) is 5.52 Å². The lowest BCUT2D eigenvalue weighted by Crippen LogP contribution is -2.38. The molecule has 0 N–H and O–H groups in total. The summed E-state index contributed by atoms with van der Waals surface area (Å²) in [6, 6.07) is 7.18. The lowest BCUT2D eigenvalue weighted by molar-refractivity contribution is -0.733. The minimum absolute atomic E-state index is 0.193. The molecule has 0 fully saturated rings. The topological polar surface area (TPSA) is 21.7 Å². The summed E-state index contributed by atoms with van der Waals surface area (Å²) in [5, 5.41) is 4.45. The Morgan fingerprint density at radius 3 is 2.00 bits per heavy atom. The van der Waals surface area contributed by atoms with Gasteiger partial charge in [-0.1, -0.05) is 0 Å². The lowest BCUT2D eigenvalue weighted by Gasteiger charge is -2.06. The first-order chi connectivity index (χ1) is 11.9. The Balaban J connectivity index is 2.17. The van der Waals surface area contributed by atoms with Gasteiger partial charge in [0, 0.05) is 14.9 Å². The molecule has 128 valence electrons. The zero-order valence-electron chi connectivity index (χ0n) is 13.0. The fourth-order valence-electron chi connectivity index (χ4n) is 2.78. The van der Waals surface area contributed by atoms with Gasteiger partial charge in [0.1, 0.15) is 7.05 Å². The maximum Gasteiger partial charge on any atom is 0.261 e. The number of halogens is 4. The van der Waals surface area contributed by atoms with E-state index < -0.39 is 11.6 Å². The molecule has 0 saturated carbocycles. The first kappa shape index (κ1) is 17.3. The monoisotopic (exact) mass is 504 g/mol. The summed E-state index contributed by atoms with van der Waals surface area (Å²) in [6.07, 6.45) is 0. The number of thiophene rings is 2. The molecule has 0 aliphatic rings. The first-order valence-corrected chi connectivity index (χ1v) is 10.4. The van der Waals surface area contributed by atoms with Crippen molar-refractivity contribution in [2.24, 2.45) is 14.1 Å². The van der Waals surface area contributed by atoms with Crippen LogP contribution in [0.15, 0.2) is 31.8 Å². The van der Waals surface area contributed by atoms with Gasteiger partial charge in [0.15, 0.2) is 11.6 Å². The maximum atomic E-state index is 15.1. The number of nitrogens with zero attached hydrogens (tertiary/aromatic N) is 3. The molecule has 0 aliphatic heterocycles. The standard InChI is InChI=1S/C16H10Br2F2N3S2/c1-22-16-12(8-4-6-10(18)25-8)14(20)13(19)11(15(16)21-23(22)2)7-3-5-9(17)24-7/h3-6H,1-2H3/q+1. The van der Waals surface area contributed by atoms with Gasteiger partial charge < -0.3 is 0 Å². The van der Waals surface area contributed by atoms with Crippen LogP contribution in [0.25, 0.3) is 31.9 Å². The van der Waals surface area contributed by atoms with Crippen molar-refractivity contribution in [3.05, 3.63) is 43.5 Å². The van der Waals surface area contributed by atoms with Crippen LogP contribution in [-0.4, -0.2) is 9.90 Å². The number of fused-ring (bicyclic) bond motifs is 1. The van der Waals surface area contributed by atoms with Crippen LogP contribution in [0.5, 0.6) is 0 Å². The number of rotatable bonds is 2. The Morgan fingerprint density at radius 2 is 1.48 bits per heavy atom. The Hall–Kier alpha value is -1.16. The molecule has 0 atom stereocenters. The van der Waals surface area contributed by atoms with Crippen molar-refractivity contribution in [2.45, 2.75) is 0 Å². The minimum atomic E-state index is -0.875. The number of hydrogen-bond acceptors (Lipinski definition) is 3. The molecule has 0 radical (unpaired) electrons. The fraction of sp³-hybridized carbons (Fsp3) is 0.125. The first-order valence-electron chi connectivity index (χ1n) is 7.14. The number of hydrogen-bond donors (Lipinski definition) is 0. The van der Waals surface area contributed by atoms with E-state index >= 15 is 8.78 Å². The average Bonchev–Trinajstić information content (AvgIpc) is 3.24. The smallest absolute Gasteiger partial charge is 0.203 e. The van der Waals surface area contributed by atoms with E-state index in [1.54, 1.807) is 35.7 Å². The summed E-state index contributed by atoms with van der Waals surface area (Å²) in [5.74, 6) is -1.73. The zero-order chi connectivity index (χ0) is 17.9. The van der Waals surface area contributed by atoms with E-state index in [1.807, 2.05) is 12.1 Å². The minimum Gasteiger partial charge on any atom is -0.203 e. The molecular formula is C16H10Br2F2N3S2+. The van der Waals surface area contributed by atoms with Crippen molar-refractivity contribution in [1.82, 2.24) is 9.90 Å². The van der Waals surface area contributed by atoms with Crippen LogP contribution >= 0.6 is 54.5 Å². The van der Waals surface area contributed by atoms with Gasteiger partial charge >= 0.3 is 0 Å². The molecule has 0 bridgehead atoms. The van der Waals surface area contributed by atoms with Crippen molar-refractivity contribution >= 4 is 65.6 Å². The molecule has 9 heteroatoms. The van der Waals surface area contributed by atoms with Crippen molar-refractivity contribution in [3.63, 3.8) is 0 Å². The second kappa shape index (κ2) is 6.22. The highest BCUT2D eigenvalue weighted by molar-refractivity contribution is 9.11. The van der Waals surface area contributed by atoms with E-state index in [9.17, 15) is 0 Å². The molecule has 4 aromatic rings. The van der Waals surface area contributed by atoms with E-state index in [0.29, 0.717) is 20.8 Å². The molecule has 1 aromatic carbocycles. The summed E-state index contributed by atoms with van der Waals surface area (Å²) >= 11 is 9.47. The van der Waals surface area contributed by atoms with E-state index in [2.05, 4.69) is 37.0 Å². The summed E-state index contributed by atoms with van der Waals surface area (Å²) in [4.78, 5) is 2.86. The number of aromatic nitrogens is 3. The highest BCUT2D eigenvalue weighted by Crippen LogP contribution is 2.43. The molecular weight excluding hydrogens is 496 g/mol. The SMILES string of the molecule is Cn1nc2c(-c3ccc(Br)s3)c(F)c(F)c(-c3ccc(Br)s3)c2[n+]1C. The fourth-order valence-corrected chi connectivity index (χ4v) is 5.63. The molecule has 0 amide bonds. The van der Waals surface area contributed by atoms with Gasteiger partial charge in [-0.3, -0.25) is 0 Å². The molecule has 4 rings (SSSR count). The maximum absolute atomic E-state index is 15.1. The second-order valence-corrected chi connectivity index (χ2v) is 10.3. The Morgan fingerprint density at radius 1 is 0.960 bits per heavy atom. The summed E-state index contributed by atoms with van der Waals surface area (Å²) in [6.45, 7) is 0. The van der Waals surface area contributed by atoms with Crippen LogP contribution in [0.4, 0.5) is 8.78 Å². The normalized spacial score (nSPS) is 11.6. The summed E-state index contributed by atoms with van der Waals surface area (Å²) in [5.41, 5.74) is 1.44. The lowest BCUT2D eigenvalue weighted by atomic mass is 10.0. The van der Waals surface area contributed by atoms with Crippen LogP contribution in [0.1, 0.15) is 0 Å². The van der Waals surface area contributed by atoms with Crippen LogP contribution in [0, 0.1) is 11.6 Å². The van der Waals surface area contributed by atoms with Crippen LogP contribution < -0.4 is 4.68 Å². The van der Waals surface area contributed by atoms with Crippen LogP contribution in [0.2, 0.25) is 0 Å². The highest BCUT2D eigenvalue weighted by Gasteiger charge is 2.32. The molecule has 3 heterocycles. The van der Waals surface area contributed by atoms with Crippen molar-refractivity contribution in [3.8, 4) is 20.9 Å². The van der Waals surface area contributed by atoms with Gasteiger partial charge in [-0.2, -0.15) is 4.68 Å². The zero-order valence-corrected chi connectivity index (χ0v) is 17.8. The number of aryl methyl sites for hydroxylation is 2. The van der Waals surface area contributed by atoms with Crippen LogP contribution in [-0.2, 0) is 14.1 Å². The Labute approximate surface area is 166 Å². The van der Waals surface area contributed by atoms with Crippen molar-refractivity contribution in [1.29, 1.82) is 0 Å². The Kier molecular flexibility index (Phi) is 4.30. The third kappa shape index (κ3) is 2.68. The second-order valence-electron chi connectivity index (χ2n) is 5.40.